The lowest BCUT2D eigenvalue weighted by molar-refractivity contribution is -0.0404. The van der Waals surface area contributed by atoms with Crippen molar-refractivity contribution in [3.8, 4) is 0 Å². The molecular weight excluding hydrogens is 248 g/mol. The lowest BCUT2D eigenvalue weighted by atomic mass is 9.97. The molecule has 0 aromatic heterocycles. The van der Waals surface area contributed by atoms with Gasteiger partial charge in [-0.3, -0.25) is 4.90 Å². The number of nitrogens with zero attached hydrogens (tertiary/aromatic N) is 2. The zero-order valence-corrected chi connectivity index (χ0v) is 12.1. The van der Waals surface area contributed by atoms with Crippen molar-refractivity contribution in [1.82, 2.24) is 4.90 Å². The van der Waals surface area contributed by atoms with Crippen molar-refractivity contribution in [3.05, 3.63) is 0 Å². The molecule has 0 bridgehead atoms. The fourth-order valence-corrected chi connectivity index (χ4v) is 2.33. The summed E-state index contributed by atoms with van der Waals surface area (Å²) in [5.74, 6) is 0.235. The van der Waals surface area contributed by atoms with Gasteiger partial charge in [-0.15, -0.1) is 0 Å². The van der Waals surface area contributed by atoms with E-state index in [0.29, 0.717) is 19.8 Å². The summed E-state index contributed by atoms with van der Waals surface area (Å²) in [6, 6.07) is 0. The van der Waals surface area contributed by atoms with Crippen molar-refractivity contribution in [2.24, 2.45) is 11.1 Å². The van der Waals surface area contributed by atoms with Crippen LogP contribution in [-0.2, 0) is 9.47 Å². The number of likely N-dealkylation sites (tertiary alicyclic amines) is 1. The molecule has 0 aromatic rings. The van der Waals surface area contributed by atoms with E-state index in [1.54, 1.807) is 7.11 Å². The highest BCUT2D eigenvalue weighted by Gasteiger charge is 2.24. The zero-order valence-electron chi connectivity index (χ0n) is 12.1. The van der Waals surface area contributed by atoms with E-state index in [1.807, 2.05) is 13.8 Å². The van der Waals surface area contributed by atoms with Gasteiger partial charge < -0.3 is 19.8 Å². The molecule has 112 valence electrons. The Kier molecular flexibility index (Phi) is 7.30. The maximum Gasteiger partial charge on any atom is 0.0900 e. The summed E-state index contributed by atoms with van der Waals surface area (Å²) in [5, 5.41) is 22.1. The molecule has 3 unspecified atom stereocenters. The van der Waals surface area contributed by atoms with Gasteiger partial charge in [0.25, 0.3) is 0 Å². The van der Waals surface area contributed by atoms with Crippen LogP contribution in [0.3, 0.4) is 0 Å². The average molecular weight is 274 g/mol. The number of hydrogen-bond acceptors (Lipinski definition) is 6. The average Bonchev–Trinajstić information content (AvgIpc) is 2.37. The van der Waals surface area contributed by atoms with Crippen molar-refractivity contribution in [3.63, 3.8) is 0 Å². The van der Waals surface area contributed by atoms with Crippen LogP contribution in [0.1, 0.15) is 20.3 Å². The summed E-state index contributed by atoms with van der Waals surface area (Å²) >= 11 is 0. The molecule has 1 aliphatic heterocycles. The molecule has 0 aliphatic carbocycles. The van der Waals surface area contributed by atoms with Gasteiger partial charge in [-0.1, -0.05) is 12.1 Å². The number of methoxy groups -OCH3 is 1. The largest absolute Gasteiger partial charge is 0.411 e. The lowest BCUT2D eigenvalue weighted by Crippen LogP contribution is -2.44. The van der Waals surface area contributed by atoms with Gasteiger partial charge >= 0.3 is 0 Å². The van der Waals surface area contributed by atoms with Crippen molar-refractivity contribution < 1.29 is 19.8 Å². The van der Waals surface area contributed by atoms with E-state index in [9.17, 15) is 5.11 Å². The van der Waals surface area contributed by atoms with E-state index in [1.165, 1.54) is 0 Å². The maximum absolute atomic E-state index is 9.94. The minimum absolute atomic E-state index is 0.00643. The normalized spacial score (nSPS) is 26.5. The third-order valence-corrected chi connectivity index (χ3v) is 3.36. The van der Waals surface area contributed by atoms with E-state index in [4.69, 9.17) is 14.7 Å². The molecule has 0 spiro atoms. The highest BCUT2D eigenvalue weighted by atomic mass is 16.5. The Balaban J connectivity index is 2.24. The van der Waals surface area contributed by atoms with Crippen LogP contribution in [0.25, 0.3) is 0 Å². The van der Waals surface area contributed by atoms with E-state index in [-0.39, 0.29) is 12.0 Å². The Bertz CT molecular complexity index is 286. The van der Waals surface area contributed by atoms with Gasteiger partial charge in [-0.2, -0.15) is 0 Å². The number of aliphatic hydroxyl groups excluding tert-OH is 1. The second kappa shape index (κ2) is 8.47. The van der Waals surface area contributed by atoms with E-state index in [0.717, 1.165) is 25.2 Å². The van der Waals surface area contributed by atoms with Gasteiger partial charge in [0.05, 0.1) is 31.1 Å². The van der Waals surface area contributed by atoms with Crippen molar-refractivity contribution in [2.75, 3.05) is 40.0 Å². The van der Waals surface area contributed by atoms with Crippen LogP contribution in [0.4, 0.5) is 0 Å². The molecule has 1 fully saturated rings. The van der Waals surface area contributed by atoms with Crippen LogP contribution in [0, 0.1) is 5.92 Å². The number of aliphatic hydroxyl groups is 1. The quantitative estimate of drug-likeness (QED) is 0.524. The Morgan fingerprint density at radius 3 is 2.79 bits per heavy atom. The molecule has 0 saturated carbocycles. The molecule has 1 aliphatic rings. The number of rotatable bonds is 7. The molecule has 1 heterocycles. The molecule has 0 amide bonds. The Labute approximate surface area is 115 Å². The SMILES string of the molecule is COCC(C)OCC(O)CN1CCC(=NO)C(C)C1. The molecule has 19 heavy (non-hydrogen) atoms. The summed E-state index contributed by atoms with van der Waals surface area (Å²) < 4.78 is 10.5. The third-order valence-electron chi connectivity index (χ3n) is 3.36. The van der Waals surface area contributed by atoms with Gasteiger partial charge in [0, 0.05) is 39.1 Å². The molecule has 1 rings (SSSR count). The molecule has 1 saturated heterocycles. The smallest absolute Gasteiger partial charge is 0.0900 e. The predicted octanol–water partition coefficient (Wildman–Crippen LogP) is 0.571. The van der Waals surface area contributed by atoms with Crippen molar-refractivity contribution in [2.45, 2.75) is 32.5 Å². The third kappa shape index (κ3) is 5.86. The summed E-state index contributed by atoms with van der Waals surface area (Å²) in [6.45, 7) is 7.01. The summed E-state index contributed by atoms with van der Waals surface area (Å²) in [5.41, 5.74) is 0.843. The van der Waals surface area contributed by atoms with Gasteiger partial charge in [-0.25, -0.2) is 0 Å². The Morgan fingerprint density at radius 1 is 1.47 bits per heavy atom. The van der Waals surface area contributed by atoms with Crippen molar-refractivity contribution in [1.29, 1.82) is 0 Å². The first-order chi connectivity index (χ1) is 9.06. The first-order valence-corrected chi connectivity index (χ1v) is 6.78. The number of hydrogen-bond donors (Lipinski definition) is 2. The zero-order chi connectivity index (χ0) is 14.3. The predicted molar refractivity (Wildman–Crippen MR) is 72.7 cm³/mol. The van der Waals surface area contributed by atoms with Crippen LogP contribution in [0.15, 0.2) is 5.16 Å². The van der Waals surface area contributed by atoms with Crippen LogP contribution >= 0.6 is 0 Å². The fourth-order valence-electron chi connectivity index (χ4n) is 2.33. The van der Waals surface area contributed by atoms with Gasteiger partial charge in [-0.05, 0) is 6.92 Å². The molecule has 2 N–H and O–H groups in total. The second-order valence-electron chi connectivity index (χ2n) is 5.26. The molecular formula is C13H26N2O4. The summed E-state index contributed by atoms with van der Waals surface area (Å²) in [4.78, 5) is 2.17. The minimum Gasteiger partial charge on any atom is -0.411 e. The molecule has 6 nitrogen and oxygen atoms in total. The Morgan fingerprint density at radius 2 is 2.21 bits per heavy atom. The van der Waals surface area contributed by atoms with Crippen LogP contribution in [-0.4, -0.2) is 73.1 Å². The summed E-state index contributed by atoms with van der Waals surface area (Å²) in [7, 11) is 1.63. The maximum atomic E-state index is 9.94. The van der Waals surface area contributed by atoms with Gasteiger partial charge in [0.2, 0.25) is 0 Å². The van der Waals surface area contributed by atoms with Crippen LogP contribution < -0.4 is 0 Å². The van der Waals surface area contributed by atoms with E-state index in [2.05, 4.69) is 10.1 Å². The molecule has 0 radical (unpaired) electrons. The standard InChI is InChI=1S/C13H26N2O4/c1-10-6-15(5-4-13(10)14-17)7-12(16)9-19-11(2)8-18-3/h10-12,16-17H,4-9H2,1-3H3. The lowest BCUT2D eigenvalue weighted by Gasteiger charge is -2.32. The number of oxime groups is 1. The second-order valence-corrected chi connectivity index (χ2v) is 5.26. The summed E-state index contributed by atoms with van der Waals surface area (Å²) in [6.07, 6.45) is 0.248. The topological polar surface area (TPSA) is 74.5 Å². The van der Waals surface area contributed by atoms with E-state index < -0.39 is 6.10 Å². The minimum atomic E-state index is -0.501. The number of β-amino-alcohol motifs (C(OH)–C–C–N with tert-alkyl or cyclic N) is 1. The monoisotopic (exact) mass is 274 g/mol. The molecule has 6 heteroatoms. The highest BCUT2D eigenvalue weighted by Crippen LogP contribution is 2.14. The van der Waals surface area contributed by atoms with Crippen LogP contribution in [0.5, 0.6) is 0 Å². The van der Waals surface area contributed by atoms with Crippen molar-refractivity contribution >= 4 is 5.71 Å². The Hall–Kier alpha value is -0.690. The molecule has 3 atom stereocenters. The van der Waals surface area contributed by atoms with E-state index >= 15 is 0 Å². The highest BCUT2D eigenvalue weighted by molar-refractivity contribution is 5.86. The van der Waals surface area contributed by atoms with Gasteiger partial charge in [0.15, 0.2) is 0 Å². The van der Waals surface area contributed by atoms with Gasteiger partial charge in [0.1, 0.15) is 0 Å². The number of ether oxygens (including phenoxy) is 2. The fraction of sp³-hybridized carbons (Fsp3) is 0.923. The first-order valence-electron chi connectivity index (χ1n) is 6.78. The first kappa shape index (κ1) is 16.4. The number of piperidine rings is 1. The molecule has 0 aromatic carbocycles. The van der Waals surface area contributed by atoms with Crippen LogP contribution in [0.2, 0.25) is 0 Å².